The van der Waals surface area contributed by atoms with Gasteiger partial charge in [0.05, 0.1) is 12.1 Å². The van der Waals surface area contributed by atoms with Gasteiger partial charge >= 0.3 is 0 Å². The van der Waals surface area contributed by atoms with Crippen molar-refractivity contribution in [3.63, 3.8) is 0 Å². The molecule has 20 heavy (non-hydrogen) atoms. The maximum absolute atomic E-state index is 6.14. The highest BCUT2D eigenvalue weighted by molar-refractivity contribution is 6.32. The number of aromatic nitrogens is 2. The molecule has 0 spiro atoms. The van der Waals surface area contributed by atoms with E-state index in [1.807, 2.05) is 12.1 Å². The Morgan fingerprint density at radius 1 is 1.05 bits per heavy atom. The van der Waals surface area contributed by atoms with E-state index >= 15 is 0 Å². The number of hydroxylamine groups is 1. The first-order valence-corrected chi connectivity index (χ1v) is 6.57. The Morgan fingerprint density at radius 2 is 1.65 bits per heavy atom. The van der Waals surface area contributed by atoms with Gasteiger partial charge in [0.15, 0.2) is 5.76 Å². The number of hydrogen-bond donors (Lipinski definition) is 1. The highest BCUT2D eigenvalue weighted by Crippen LogP contribution is 2.37. The number of rotatable bonds is 2. The molecule has 7 heteroatoms. The minimum Gasteiger partial charge on any atom is -0.390 e. The van der Waals surface area contributed by atoms with Crippen molar-refractivity contribution in [1.82, 2.24) is 15.1 Å². The molecule has 1 aliphatic heterocycles. The largest absolute Gasteiger partial charge is 0.390 e. The molecule has 0 unspecified atom stereocenters. The van der Waals surface area contributed by atoms with E-state index in [1.54, 1.807) is 24.5 Å². The molecule has 0 saturated heterocycles. The van der Waals surface area contributed by atoms with Gasteiger partial charge in [0.1, 0.15) is 10.3 Å². The maximum Gasteiger partial charge on any atom is 0.165 e. The number of halogens is 2. The van der Waals surface area contributed by atoms with Crippen molar-refractivity contribution in [2.24, 2.45) is 5.84 Å². The zero-order valence-electron chi connectivity index (χ0n) is 10.3. The topological polar surface area (TPSA) is 64.3 Å². The first kappa shape index (κ1) is 13.3. The summed E-state index contributed by atoms with van der Waals surface area (Å²) in [4.78, 5) is 13.6. The third-order valence-electron chi connectivity index (χ3n) is 2.88. The van der Waals surface area contributed by atoms with Crippen molar-refractivity contribution >= 4 is 34.5 Å². The summed E-state index contributed by atoms with van der Waals surface area (Å²) in [6.07, 6.45) is 3.23. The predicted octanol–water partition coefficient (Wildman–Crippen LogP) is 2.77. The quantitative estimate of drug-likeness (QED) is 0.682. The van der Waals surface area contributed by atoms with Gasteiger partial charge in [-0.3, -0.25) is 0 Å². The molecule has 1 aliphatic rings. The number of hydrogen-bond acceptors (Lipinski definition) is 5. The summed E-state index contributed by atoms with van der Waals surface area (Å²) in [6, 6.07) is 7.25. The Bertz CT molecular complexity index is 632. The average molecular weight is 309 g/mol. The average Bonchev–Trinajstić information content (AvgIpc) is 2.81. The minimum atomic E-state index is 0.343. The van der Waals surface area contributed by atoms with E-state index in [0.29, 0.717) is 28.2 Å². The van der Waals surface area contributed by atoms with Crippen LogP contribution in [0.5, 0.6) is 0 Å². The summed E-state index contributed by atoms with van der Waals surface area (Å²) in [5.74, 6) is 6.27. The highest BCUT2D eigenvalue weighted by Gasteiger charge is 2.27. The Morgan fingerprint density at radius 3 is 2.25 bits per heavy atom. The molecule has 3 rings (SSSR count). The third-order valence-corrected chi connectivity index (χ3v) is 3.49. The fourth-order valence-electron chi connectivity index (χ4n) is 2.02. The third kappa shape index (κ3) is 2.36. The van der Waals surface area contributed by atoms with Crippen molar-refractivity contribution in [2.75, 3.05) is 6.54 Å². The lowest BCUT2D eigenvalue weighted by Crippen LogP contribution is -2.26. The first-order valence-electron chi connectivity index (χ1n) is 5.82. The molecule has 0 atom stereocenters. The fraction of sp³-hybridized carbons (Fsp3) is 0.0769. The molecule has 0 aromatic carbocycles. The molecule has 0 radical (unpaired) electrons. The summed E-state index contributed by atoms with van der Waals surface area (Å²) >= 11 is 12.2. The van der Waals surface area contributed by atoms with Gasteiger partial charge < -0.3 is 4.84 Å². The molecule has 0 saturated carbocycles. The molecular formula is C13H10Cl2N4O. The summed E-state index contributed by atoms with van der Waals surface area (Å²) in [5.41, 5.74) is 2.24. The van der Waals surface area contributed by atoms with E-state index in [4.69, 9.17) is 33.9 Å². The van der Waals surface area contributed by atoms with Gasteiger partial charge in [0, 0.05) is 23.5 Å². The summed E-state index contributed by atoms with van der Waals surface area (Å²) in [6.45, 7) is 0.381. The smallest absolute Gasteiger partial charge is 0.165 e. The van der Waals surface area contributed by atoms with Crippen molar-refractivity contribution in [1.29, 1.82) is 0 Å². The van der Waals surface area contributed by atoms with Crippen molar-refractivity contribution < 1.29 is 4.84 Å². The van der Waals surface area contributed by atoms with E-state index in [0.717, 1.165) is 11.1 Å². The van der Waals surface area contributed by atoms with Gasteiger partial charge in [0.25, 0.3) is 0 Å². The second-order valence-electron chi connectivity index (χ2n) is 4.16. The molecule has 2 aromatic rings. The molecular weight excluding hydrogens is 299 g/mol. The van der Waals surface area contributed by atoms with Gasteiger partial charge in [-0.15, -0.1) is 0 Å². The fourth-order valence-corrected chi connectivity index (χ4v) is 2.46. The Kier molecular flexibility index (Phi) is 3.58. The second kappa shape index (κ2) is 5.38. The zero-order chi connectivity index (χ0) is 14.1. The summed E-state index contributed by atoms with van der Waals surface area (Å²) < 4.78 is 0. The zero-order valence-corrected chi connectivity index (χ0v) is 11.8. The van der Waals surface area contributed by atoms with E-state index in [1.165, 1.54) is 5.17 Å². The Labute approximate surface area is 125 Å². The van der Waals surface area contributed by atoms with Crippen LogP contribution in [0.2, 0.25) is 10.3 Å². The van der Waals surface area contributed by atoms with Crippen LogP contribution in [-0.2, 0) is 4.84 Å². The summed E-state index contributed by atoms with van der Waals surface area (Å²) in [5, 5.41) is 1.95. The van der Waals surface area contributed by atoms with E-state index in [9.17, 15) is 0 Å². The Hall–Kier alpha value is -1.66. The van der Waals surface area contributed by atoms with E-state index in [-0.39, 0.29) is 0 Å². The summed E-state index contributed by atoms with van der Waals surface area (Å²) in [7, 11) is 0. The number of nitrogens with zero attached hydrogens (tertiary/aromatic N) is 3. The van der Waals surface area contributed by atoms with E-state index in [2.05, 4.69) is 9.97 Å². The first-order chi connectivity index (χ1) is 9.66. The van der Waals surface area contributed by atoms with Gasteiger partial charge in [-0.25, -0.2) is 15.8 Å². The van der Waals surface area contributed by atoms with Crippen LogP contribution < -0.4 is 5.84 Å². The molecule has 0 amide bonds. The highest BCUT2D eigenvalue weighted by atomic mass is 35.5. The van der Waals surface area contributed by atoms with Crippen LogP contribution in [0.4, 0.5) is 0 Å². The van der Waals surface area contributed by atoms with Gasteiger partial charge in [0.2, 0.25) is 0 Å². The number of nitrogens with two attached hydrogens (primary N) is 1. The van der Waals surface area contributed by atoms with Crippen molar-refractivity contribution in [3.05, 3.63) is 58.1 Å². The van der Waals surface area contributed by atoms with Gasteiger partial charge in [-0.05, 0) is 24.3 Å². The van der Waals surface area contributed by atoms with Crippen LogP contribution in [0.3, 0.4) is 0 Å². The molecule has 0 fully saturated rings. The van der Waals surface area contributed by atoms with Crippen LogP contribution in [-0.4, -0.2) is 21.7 Å². The van der Waals surface area contributed by atoms with Crippen molar-refractivity contribution in [3.8, 4) is 0 Å². The lowest BCUT2D eigenvalue weighted by Gasteiger charge is -2.09. The second-order valence-corrected chi connectivity index (χ2v) is 4.87. The Balaban J connectivity index is 2.17. The van der Waals surface area contributed by atoms with E-state index < -0.39 is 0 Å². The normalized spacial score (nSPS) is 15.6. The molecule has 0 bridgehead atoms. The van der Waals surface area contributed by atoms with Crippen LogP contribution >= 0.6 is 23.2 Å². The van der Waals surface area contributed by atoms with Crippen LogP contribution in [0.25, 0.3) is 11.3 Å². The standard InChI is InChI=1S/C13H10Cl2N4O/c14-12-8(3-1-5-17-12)10-7-19(16)20-11(10)9-4-2-6-18-13(9)15/h1-6H,7,16H2. The SMILES string of the molecule is NN1CC(c2cccnc2Cl)=C(c2cccnc2Cl)O1. The molecule has 102 valence electrons. The molecule has 2 aromatic heterocycles. The van der Waals surface area contributed by atoms with Crippen LogP contribution in [0.15, 0.2) is 36.7 Å². The number of pyridine rings is 2. The van der Waals surface area contributed by atoms with Crippen molar-refractivity contribution in [2.45, 2.75) is 0 Å². The maximum atomic E-state index is 6.14. The monoisotopic (exact) mass is 308 g/mol. The van der Waals surface area contributed by atoms with Gasteiger partial charge in [-0.1, -0.05) is 28.4 Å². The molecule has 0 aliphatic carbocycles. The molecule has 2 N–H and O–H groups in total. The number of hydrazine groups is 1. The molecule has 3 heterocycles. The van der Waals surface area contributed by atoms with Crippen LogP contribution in [0, 0.1) is 0 Å². The lowest BCUT2D eigenvalue weighted by atomic mass is 10.0. The van der Waals surface area contributed by atoms with Gasteiger partial charge in [-0.2, -0.15) is 0 Å². The lowest BCUT2D eigenvalue weighted by molar-refractivity contribution is -0.0623. The van der Waals surface area contributed by atoms with Crippen LogP contribution in [0.1, 0.15) is 11.1 Å². The minimum absolute atomic E-state index is 0.343. The molecule has 5 nitrogen and oxygen atoms in total. The predicted molar refractivity (Wildman–Crippen MR) is 77.3 cm³/mol.